The molecule has 1 saturated carbocycles. The molecule has 8 nitrogen and oxygen atoms in total. The van der Waals surface area contributed by atoms with E-state index in [1.807, 2.05) is 4.90 Å². The molecule has 0 radical (unpaired) electrons. The smallest absolute Gasteiger partial charge is 0.290 e. The molecule has 1 aliphatic heterocycles. The second kappa shape index (κ2) is 9.43. The average Bonchev–Trinajstić information content (AvgIpc) is 2.71. The summed E-state index contributed by atoms with van der Waals surface area (Å²) in [5, 5.41) is 16.6. The SMILES string of the molecule is COc1ccc(-c2c(C#N)c(N)nc3c2CN(C(=O)C2CCC2)CC3)cc1F.O=CO. The second-order valence-corrected chi connectivity index (χ2v) is 7.38. The predicted molar refractivity (Wildman–Crippen MR) is 110 cm³/mol. The molecule has 0 bridgehead atoms. The van der Waals surface area contributed by atoms with Crippen molar-refractivity contribution in [3.8, 4) is 22.9 Å². The van der Waals surface area contributed by atoms with E-state index in [0.29, 0.717) is 30.6 Å². The molecule has 0 spiro atoms. The highest BCUT2D eigenvalue weighted by molar-refractivity contribution is 5.83. The largest absolute Gasteiger partial charge is 0.494 e. The zero-order chi connectivity index (χ0) is 22.5. The summed E-state index contributed by atoms with van der Waals surface area (Å²) in [5.41, 5.74) is 8.85. The van der Waals surface area contributed by atoms with Crippen LogP contribution < -0.4 is 10.5 Å². The number of nitrogen functional groups attached to an aromatic ring is 1. The molecule has 1 aromatic carbocycles. The molecular weight excluding hydrogens is 403 g/mol. The quantitative estimate of drug-likeness (QED) is 0.722. The lowest BCUT2D eigenvalue weighted by Gasteiger charge is -2.35. The Morgan fingerprint density at radius 2 is 2.16 bits per heavy atom. The van der Waals surface area contributed by atoms with Crippen LogP contribution in [0.3, 0.4) is 0 Å². The van der Waals surface area contributed by atoms with Crippen molar-refractivity contribution in [3.63, 3.8) is 0 Å². The second-order valence-electron chi connectivity index (χ2n) is 7.38. The lowest BCUT2D eigenvalue weighted by atomic mass is 9.83. The van der Waals surface area contributed by atoms with Crippen LogP contribution in [0.2, 0.25) is 0 Å². The number of carboxylic acid groups (broad SMARTS) is 1. The Bertz CT molecular complexity index is 1050. The van der Waals surface area contributed by atoms with E-state index < -0.39 is 5.82 Å². The van der Waals surface area contributed by atoms with Crippen LogP contribution in [0.25, 0.3) is 11.1 Å². The van der Waals surface area contributed by atoms with Crippen molar-refractivity contribution in [1.29, 1.82) is 5.26 Å². The summed E-state index contributed by atoms with van der Waals surface area (Å²) in [6.45, 7) is 0.687. The van der Waals surface area contributed by atoms with Gasteiger partial charge in [0.1, 0.15) is 17.5 Å². The number of halogens is 1. The van der Waals surface area contributed by atoms with Gasteiger partial charge in [-0.25, -0.2) is 9.37 Å². The van der Waals surface area contributed by atoms with Crippen LogP contribution in [0.5, 0.6) is 5.75 Å². The molecule has 0 unspecified atom stereocenters. The Kier molecular flexibility index (Phi) is 6.70. The minimum atomic E-state index is -0.522. The Labute approximate surface area is 179 Å². The van der Waals surface area contributed by atoms with Crippen molar-refractivity contribution in [2.45, 2.75) is 32.2 Å². The molecule has 1 aromatic heterocycles. The number of nitrogens with zero attached hydrogens (tertiary/aromatic N) is 3. The molecule has 2 aromatic rings. The summed E-state index contributed by atoms with van der Waals surface area (Å²) >= 11 is 0. The van der Waals surface area contributed by atoms with Gasteiger partial charge in [-0.1, -0.05) is 12.5 Å². The van der Waals surface area contributed by atoms with Crippen molar-refractivity contribution < 1.29 is 23.8 Å². The number of ether oxygens (including phenoxy) is 1. The van der Waals surface area contributed by atoms with Gasteiger partial charge in [-0.3, -0.25) is 9.59 Å². The first-order valence-electron chi connectivity index (χ1n) is 9.87. The first-order valence-corrected chi connectivity index (χ1v) is 9.87. The van der Waals surface area contributed by atoms with E-state index in [4.69, 9.17) is 20.4 Å². The van der Waals surface area contributed by atoms with E-state index in [1.165, 1.54) is 19.2 Å². The van der Waals surface area contributed by atoms with Crippen molar-refractivity contribution in [1.82, 2.24) is 9.88 Å². The molecule has 2 heterocycles. The van der Waals surface area contributed by atoms with Gasteiger partial charge in [0.05, 0.1) is 12.8 Å². The van der Waals surface area contributed by atoms with Crippen molar-refractivity contribution in [2.24, 2.45) is 5.92 Å². The van der Waals surface area contributed by atoms with Gasteiger partial charge in [0, 0.05) is 36.6 Å². The normalized spacial score (nSPS) is 14.9. The zero-order valence-corrected chi connectivity index (χ0v) is 17.1. The van der Waals surface area contributed by atoms with Crippen molar-refractivity contribution in [2.75, 3.05) is 19.4 Å². The van der Waals surface area contributed by atoms with Gasteiger partial charge in [-0.2, -0.15) is 5.26 Å². The summed E-state index contributed by atoms with van der Waals surface area (Å²) in [7, 11) is 1.40. The number of benzene rings is 1. The van der Waals surface area contributed by atoms with Gasteiger partial charge in [0.15, 0.2) is 11.6 Å². The zero-order valence-electron chi connectivity index (χ0n) is 17.1. The summed E-state index contributed by atoms with van der Waals surface area (Å²) in [5.74, 6) is -0.0166. The highest BCUT2D eigenvalue weighted by Gasteiger charge is 2.33. The van der Waals surface area contributed by atoms with Crippen LogP contribution in [0.1, 0.15) is 36.1 Å². The van der Waals surface area contributed by atoms with Crippen LogP contribution in [0.4, 0.5) is 10.2 Å². The topological polar surface area (TPSA) is 130 Å². The third-order valence-electron chi connectivity index (χ3n) is 5.70. The highest BCUT2D eigenvalue weighted by Crippen LogP contribution is 2.37. The number of methoxy groups -OCH3 is 1. The monoisotopic (exact) mass is 426 g/mol. The molecule has 1 amide bonds. The van der Waals surface area contributed by atoms with Gasteiger partial charge in [-0.05, 0) is 30.5 Å². The average molecular weight is 426 g/mol. The molecule has 1 fully saturated rings. The Morgan fingerprint density at radius 3 is 2.71 bits per heavy atom. The number of pyridine rings is 1. The minimum absolute atomic E-state index is 0.0978. The fourth-order valence-corrected chi connectivity index (χ4v) is 3.94. The first kappa shape index (κ1) is 22.0. The molecule has 1 aliphatic carbocycles. The summed E-state index contributed by atoms with van der Waals surface area (Å²) in [4.78, 5) is 27.3. The number of carbonyl (C=O) groups excluding carboxylic acids is 1. The molecule has 0 saturated heterocycles. The highest BCUT2D eigenvalue weighted by atomic mass is 19.1. The Balaban J connectivity index is 0.000000858. The van der Waals surface area contributed by atoms with Gasteiger partial charge in [0.25, 0.3) is 6.47 Å². The Morgan fingerprint density at radius 1 is 1.45 bits per heavy atom. The molecule has 31 heavy (non-hydrogen) atoms. The van der Waals surface area contributed by atoms with Crippen LogP contribution >= 0.6 is 0 Å². The van der Waals surface area contributed by atoms with E-state index in [0.717, 1.165) is 30.5 Å². The molecule has 3 N–H and O–H groups in total. The predicted octanol–water partition coefficient (Wildman–Crippen LogP) is 2.74. The number of rotatable bonds is 3. The molecule has 2 aliphatic rings. The van der Waals surface area contributed by atoms with Crippen LogP contribution in [0, 0.1) is 23.1 Å². The summed E-state index contributed by atoms with van der Waals surface area (Å²) in [6, 6.07) is 6.66. The van der Waals surface area contributed by atoms with Crippen LogP contribution in [-0.4, -0.2) is 41.0 Å². The maximum absolute atomic E-state index is 14.3. The standard InChI is InChI=1S/C21H21FN4O2.CH2O2/c1-28-18-6-5-13(9-16(18)22)19-14(10-23)20(24)25-17-7-8-26(11-15(17)19)21(27)12-3-2-4-12;2-1-3/h5-6,9,12H,2-4,7-8,11H2,1H3,(H2,24,25);1H,(H,2,3). The van der Waals surface area contributed by atoms with E-state index in [9.17, 15) is 14.4 Å². The first-order chi connectivity index (χ1) is 14.9. The molecule has 162 valence electrons. The third-order valence-corrected chi connectivity index (χ3v) is 5.70. The summed E-state index contributed by atoms with van der Waals surface area (Å²) in [6.07, 6.45) is 3.52. The fraction of sp³-hybridized carbons (Fsp3) is 0.364. The van der Waals surface area contributed by atoms with Gasteiger partial charge < -0.3 is 20.5 Å². The van der Waals surface area contributed by atoms with E-state index in [-0.39, 0.29) is 35.4 Å². The van der Waals surface area contributed by atoms with E-state index in [2.05, 4.69) is 11.1 Å². The number of fused-ring (bicyclic) bond motifs is 1. The molecular formula is C22H23FN4O4. The number of aromatic nitrogens is 1. The third kappa shape index (κ3) is 4.28. The van der Waals surface area contributed by atoms with E-state index in [1.54, 1.807) is 6.07 Å². The summed E-state index contributed by atoms with van der Waals surface area (Å²) < 4.78 is 19.3. The fourth-order valence-electron chi connectivity index (χ4n) is 3.94. The number of nitrogens with two attached hydrogens (primary N) is 1. The van der Waals surface area contributed by atoms with Gasteiger partial charge in [-0.15, -0.1) is 0 Å². The molecule has 0 atom stereocenters. The Hall–Kier alpha value is -3.67. The van der Waals surface area contributed by atoms with Gasteiger partial charge in [0.2, 0.25) is 5.91 Å². The van der Waals surface area contributed by atoms with E-state index >= 15 is 0 Å². The number of nitriles is 1. The maximum Gasteiger partial charge on any atom is 0.290 e. The lowest BCUT2D eigenvalue weighted by molar-refractivity contribution is -0.139. The number of amides is 1. The van der Waals surface area contributed by atoms with Gasteiger partial charge >= 0.3 is 0 Å². The maximum atomic E-state index is 14.3. The lowest BCUT2D eigenvalue weighted by Crippen LogP contribution is -2.42. The minimum Gasteiger partial charge on any atom is -0.494 e. The van der Waals surface area contributed by atoms with Crippen LogP contribution in [-0.2, 0) is 22.6 Å². The molecule has 9 heteroatoms. The van der Waals surface area contributed by atoms with Crippen molar-refractivity contribution in [3.05, 3.63) is 40.8 Å². The number of carbonyl (C=O) groups is 2. The van der Waals surface area contributed by atoms with Crippen LogP contribution in [0.15, 0.2) is 18.2 Å². The number of hydrogen-bond acceptors (Lipinski definition) is 6. The number of anilines is 1. The number of hydrogen-bond donors (Lipinski definition) is 2. The molecule has 4 rings (SSSR count). The van der Waals surface area contributed by atoms with Crippen molar-refractivity contribution >= 4 is 18.2 Å².